The van der Waals surface area contributed by atoms with Crippen LogP contribution in [0.4, 0.5) is 0 Å². The molecule has 0 aromatic carbocycles. The SMILES string of the molecule is CCCCCCCCC(C)C(=O)NCl. The fourth-order valence-electron chi connectivity index (χ4n) is 1.46. The topological polar surface area (TPSA) is 29.1 Å². The fourth-order valence-corrected chi connectivity index (χ4v) is 1.64. The van der Waals surface area contributed by atoms with E-state index in [4.69, 9.17) is 11.8 Å². The van der Waals surface area contributed by atoms with Crippen molar-refractivity contribution in [2.75, 3.05) is 0 Å². The first-order chi connectivity index (χ1) is 6.72. The normalized spacial score (nSPS) is 12.5. The summed E-state index contributed by atoms with van der Waals surface area (Å²) in [5.41, 5.74) is 0. The monoisotopic (exact) mass is 219 g/mol. The lowest BCUT2D eigenvalue weighted by atomic mass is 10.0. The second-order valence-corrected chi connectivity index (χ2v) is 4.11. The summed E-state index contributed by atoms with van der Waals surface area (Å²) in [6.45, 7) is 4.14. The second-order valence-electron chi connectivity index (χ2n) is 3.92. The number of carbonyl (C=O) groups is 1. The van der Waals surface area contributed by atoms with E-state index in [1.165, 1.54) is 32.1 Å². The van der Waals surface area contributed by atoms with Crippen molar-refractivity contribution in [3.63, 3.8) is 0 Å². The van der Waals surface area contributed by atoms with Crippen LogP contribution in [0, 0.1) is 5.92 Å². The van der Waals surface area contributed by atoms with Gasteiger partial charge in [-0.25, -0.2) is 0 Å². The van der Waals surface area contributed by atoms with Gasteiger partial charge in [0, 0.05) is 17.7 Å². The molecule has 0 aromatic rings. The molecule has 1 unspecified atom stereocenters. The predicted octanol–water partition coefficient (Wildman–Crippen LogP) is 3.64. The summed E-state index contributed by atoms with van der Waals surface area (Å²) in [4.78, 5) is 13.2. The van der Waals surface area contributed by atoms with Gasteiger partial charge in [0.05, 0.1) is 0 Å². The van der Waals surface area contributed by atoms with E-state index in [1.807, 2.05) is 6.92 Å². The molecule has 0 saturated carbocycles. The van der Waals surface area contributed by atoms with E-state index in [2.05, 4.69) is 11.8 Å². The minimum atomic E-state index is -0.0553. The molecule has 0 aliphatic carbocycles. The molecule has 0 fully saturated rings. The Morgan fingerprint density at radius 3 is 2.36 bits per heavy atom. The van der Waals surface area contributed by atoms with Gasteiger partial charge in [0.15, 0.2) is 0 Å². The number of nitrogens with one attached hydrogen (secondary N) is 1. The molecule has 0 rings (SSSR count). The molecule has 0 bridgehead atoms. The van der Waals surface area contributed by atoms with Crippen LogP contribution in [0.2, 0.25) is 0 Å². The molecule has 0 spiro atoms. The van der Waals surface area contributed by atoms with Crippen molar-refractivity contribution in [3.8, 4) is 0 Å². The number of rotatable bonds is 8. The lowest BCUT2D eigenvalue weighted by Crippen LogP contribution is -2.21. The van der Waals surface area contributed by atoms with Crippen molar-refractivity contribution in [2.45, 2.75) is 58.8 Å². The average Bonchev–Trinajstić information content (AvgIpc) is 2.21. The molecule has 0 heterocycles. The minimum absolute atomic E-state index is 0.0543. The number of carbonyl (C=O) groups excluding carboxylic acids is 1. The van der Waals surface area contributed by atoms with Crippen molar-refractivity contribution in [1.29, 1.82) is 0 Å². The average molecular weight is 220 g/mol. The van der Waals surface area contributed by atoms with Crippen LogP contribution in [-0.4, -0.2) is 5.91 Å². The van der Waals surface area contributed by atoms with E-state index in [0.717, 1.165) is 12.8 Å². The van der Waals surface area contributed by atoms with Crippen molar-refractivity contribution in [2.24, 2.45) is 5.92 Å². The first kappa shape index (κ1) is 13.8. The highest BCUT2D eigenvalue weighted by molar-refractivity contribution is 6.21. The Morgan fingerprint density at radius 2 is 1.79 bits per heavy atom. The Hall–Kier alpha value is -0.240. The molecule has 1 atom stereocenters. The zero-order valence-electron chi connectivity index (χ0n) is 9.31. The second kappa shape index (κ2) is 9.32. The standard InChI is InChI=1S/C11H22ClNO/c1-3-4-5-6-7-8-9-10(2)11(14)13-12/h10H,3-9H2,1-2H3,(H,13,14). The molecule has 2 nitrogen and oxygen atoms in total. The van der Waals surface area contributed by atoms with E-state index >= 15 is 0 Å². The van der Waals surface area contributed by atoms with Crippen LogP contribution in [0.5, 0.6) is 0 Å². The van der Waals surface area contributed by atoms with Crippen LogP contribution in [-0.2, 0) is 4.79 Å². The summed E-state index contributed by atoms with van der Waals surface area (Å²) in [5, 5.41) is 0. The molecule has 0 saturated heterocycles. The number of hydrogen-bond donors (Lipinski definition) is 1. The summed E-state index contributed by atoms with van der Waals surface area (Å²) < 4.78 is 0. The predicted molar refractivity (Wildman–Crippen MR) is 61.2 cm³/mol. The van der Waals surface area contributed by atoms with E-state index < -0.39 is 0 Å². The van der Waals surface area contributed by atoms with Gasteiger partial charge in [-0.2, -0.15) is 0 Å². The summed E-state index contributed by atoms with van der Waals surface area (Å²) in [7, 11) is 0. The van der Waals surface area contributed by atoms with Crippen LogP contribution in [0.25, 0.3) is 0 Å². The highest BCUT2D eigenvalue weighted by Crippen LogP contribution is 2.12. The van der Waals surface area contributed by atoms with Gasteiger partial charge in [-0.05, 0) is 6.42 Å². The summed E-state index contributed by atoms with van der Waals surface area (Å²) in [6.07, 6.45) is 8.55. The molecule has 0 aliphatic rings. The van der Waals surface area contributed by atoms with Gasteiger partial charge in [0.2, 0.25) is 5.91 Å². The maximum Gasteiger partial charge on any atom is 0.237 e. The molecule has 0 aromatic heterocycles. The molecule has 0 aliphatic heterocycles. The summed E-state index contributed by atoms with van der Waals surface area (Å²) in [5.74, 6) is -0.00102. The van der Waals surface area contributed by atoms with Crippen molar-refractivity contribution in [1.82, 2.24) is 4.84 Å². The Kier molecular flexibility index (Phi) is 9.16. The summed E-state index contributed by atoms with van der Waals surface area (Å²) in [6, 6.07) is 0. The fraction of sp³-hybridized carbons (Fsp3) is 0.909. The quantitative estimate of drug-likeness (QED) is 0.490. The molecule has 84 valence electrons. The zero-order chi connectivity index (χ0) is 10.8. The van der Waals surface area contributed by atoms with E-state index in [9.17, 15) is 4.79 Å². The van der Waals surface area contributed by atoms with E-state index in [0.29, 0.717) is 0 Å². The van der Waals surface area contributed by atoms with Gasteiger partial charge in [-0.3, -0.25) is 9.63 Å². The van der Waals surface area contributed by atoms with E-state index in [-0.39, 0.29) is 11.8 Å². The van der Waals surface area contributed by atoms with Crippen LogP contribution in [0.1, 0.15) is 58.8 Å². The molecule has 1 amide bonds. The number of halogens is 1. The highest BCUT2D eigenvalue weighted by atomic mass is 35.5. The van der Waals surface area contributed by atoms with Gasteiger partial charge in [-0.1, -0.05) is 52.4 Å². The number of hydrogen-bond acceptors (Lipinski definition) is 1. The highest BCUT2D eigenvalue weighted by Gasteiger charge is 2.10. The third kappa shape index (κ3) is 7.19. The van der Waals surface area contributed by atoms with Gasteiger partial charge in [-0.15, -0.1) is 0 Å². The van der Waals surface area contributed by atoms with Crippen LogP contribution in [0.3, 0.4) is 0 Å². The molecular weight excluding hydrogens is 198 g/mol. The molecule has 0 radical (unpaired) electrons. The van der Waals surface area contributed by atoms with Gasteiger partial charge in [0.25, 0.3) is 0 Å². The maximum atomic E-state index is 11.0. The molecule has 14 heavy (non-hydrogen) atoms. The molecular formula is C11H22ClNO. The van der Waals surface area contributed by atoms with Crippen LogP contribution < -0.4 is 4.84 Å². The Balaban J connectivity index is 3.23. The van der Waals surface area contributed by atoms with Crippen molar-refractivity contribution < 1.29 is 4.79 Å². The Labute approximate surface area is 92.5 Å². The van der Waals surface area contributed by atoms with Crippen molar-refractivity contribution >= 4 is 17.7 Å². The van der Waals surface area contributed by atoms with Gasteiger partial charge < -0.3 is 0 Å². The third-order valence-electron chi connectivity index (χ3n) is 2.53. The largest absolute Gasteiger partial charge is 0.274 e. The number of amides is 1. The zero-order valence-corrected chi connectivity index (χ0v) is 10.1. The first-order valence-electron chi connectivity index (χ1n) is 5.62. The maximum absolute atomic E-state index is 11.0. The van der Waals surface area contributed by atoms with Crippen molar-refractivity contribution in [3.05, 3.63) is 0 Å². The van der Waals surface area contributed by atoms with E-state index in [1.54, 1.807) is 0 Å². The Morgan fingerprint density at radius 1 is 1.21 bits per heavy atom. The van der Waals surface area contributed by atoms with Crippen LogP contribution >= 0.6 is 11.8 Å². The molecule has 3 heteroatoms. The lowest BCUT2D eigenvalue weighted by molar-refractivity contribution is -0.122. The van der Waals surface area contributed by atoms with Gasteiger partial charge >= 0.3 is 0 Å². The van der Waals surface area contributed by atoms with Gasteiger partial charge in [0.1, 0.15) is 0 Å². The lowest BCUT2D eigenvalue weighted by Gasteiger charge is -2.07. The Bertz CT molecular complexity index is 150. The molecule has 1 N–H and O–H groups in total. The third-order valence-corrected chi connectivity index (χ3v) is 2.72. The van der Waals surface area contributed by atoms with Crippen LogP contribution in [0.15, 0.2) is 0 Å². The summed E-state index contributed by atoms with van der Waals surface area (Å²) >= 11 is 5.23. The first-order valence-corrected chi connectivity index (χ1v) is 6.00. The minimum Gasteiger partial charge on any atom is -0.274 e. The smallest absolute Gasteiger partial charge is 0.237 e. The number of unbranched alkanes of at least 4 members (excludes halogenated alkanes) is 5.